The maximum atomic E-state index is 6.08. The van der Waals surface area contributed by atoms with Crippen molar-refractivity contribution in [1.82, 2.24) is 30.0 Å². The largest absolute Gasteiger partial charge is 0.472 e. The number of nitrogen functional groups attached to an aromatic ring is 1. The van der Waals surface area contributed by atoms with E-state index in [0.29, 0.717) is 17.2 Å². The summed E-state index contributed by atoms with van der Waals surface area (Å²) in [5.74, 6) is 1.95. The summed E-state index contributed by atoms with van der Waals surface area (Å²) in [4.78, 5) is 7.29. The van der Waals surface area contributed by atoms with E-state index in [4.69, 9.17) is 15.5 Å². The van der Waals surface area contributed by atoms with E-state index in [1.54, 1.807) is 0 Å². The molecule has 0 radical (unpaired) electrons. The Morgan fingerprint density at radius 2 is 1.96 bits per heavy atom. The first-order chi connectivity index (χ1) is 12.6. The fourth-order valence-electron chi connectivity index (χ4n) is 3.33. The number of hydrogen-bond donors (Lipinski definition) is 2. The maximum absolute atomic E-state index is 6.08. The minimum absolute atomic E-state index is 0.0201. The minimum Gasteiger partial charge on any atom is -0.472 e. The van der Waals surface area contributed by atoms with Crippen LogP contribution in [0.15, 0.2) is 0 Å². The number of unbranched alkanes of at least 4 members (excludes halogenated alkanes) is 1. The Balaban J connectivity index is 1.96. The molecule has 8 heteroatoms. The Labute approximate surface area is 155 Å². The lowest BCUT2D eigenvalue weighted by molar-refractivity contribution is 0.227. The highest BCUT2D eigenvalue weighted by molar-refractivity contribution is 5.88. The molecule has 3 N–H and O–H groups in total. The minimum atomic E-state index is 0.0201. The van der Waals surface area contributed by atoms with Gasteiger partial charge in [-0.15, -0.1) is 10.2 Å². The highest BCUT2D eigenvalue weighted by Crippen LogP contribution is 2.28. The molecule has 26 heavy (non-hydrogen) atoms. The Kier molecular flexibility index (Phi) is 6.26. The predicted molar refractivity (Wildman–Crippen MR) is 103 cm³/mol. The van der Waals surface area contributed by atoms with Crippen molar-refractivity contribution in [2.75, 3.05) is 38.5 Å². The average Bonchev–Trinajstić information content (AvgIpc) is 3.00. The van der Waals surface area contributed by atoms with Crippen LogP contribution < -0.4 is 15.8 Å². The number of fused-ring (bicyclic) bond motifs is 1. The van der Waals surface area contributed by atoms with E-state index in [0.717, 1.165) is 69.9 Å². The van der Waals surface area contributed by atoms with Crippen LogP contribution in [0.5, 0.6) is 5.88 Å². The summed E-state index contributed by atoms with van der Waals surface area (Å²) >= 11 is 0. The molecule has 0 aliphatic carbocycles. The quantitative estimate of drug-likeness (QED) is 0.735. The van der Waals surface area contributed by atoms with Gasteiger partial charge in [-0.05, 0) is 20.3 Å². The number of nitrogens with two attached hydrogens (primary N) is 1. The normalized spacial score (nSPS) is 15.8. The van der Waals surface area contributed by atoms with Gasteiger partial charge in [-0.1, -0.05) is 13.3 Å². The van der Waals surface area contributed by atoms with E-state index in [1.807, 2.05) is 13.8 Å². The Morgan fingerprint density at radius 3 is 2.65 bits per heavy atom. The van der Waals surface area contributed by atoms with Gasteiger partial charge in [0.1, 0.15) is 16.9 Å². The second-order valence-electron chi connectivity index (χ2n) is 7.13. The van der Waals surface area contributed by atoms with Crippen LogP contribution in [-0.2, 0) is 13.0 Å². The number of nitrogens with one attached hydrogen (secondary N) is 1. The zero-order valence-electron chi connectivity index (χ0n) is 16.2. The number of anilines is 1. The SMILES string of the molecule is CCCCc1nc2c(N)nnc(OC(C)C)c2n1CCN1CCNCC1. The monoisotopic (exact) mass is 361 g/mol. The molecule has 0 unspecified atom stereocenters. The molecule has 2 aromatic rings. The fourth-order valence-corrected chi connectivity index (χ4v) is 3.33. The van der Waals surface area contributed by atoms with Crippen LogP contribution in [-0.4, -0.2) is 63.5 Å². The molecule has 0 spiro atoms. The van der Waals surface area contributed by atoms with Crippen LogP contribution in [0.4, 0.5) is 5.82 Å². The highest BCUT2D eigenvalue weighted by Gasteiger charge is 2.21. The van der Waals surface area contributed by atoms with Crippen molar-refractivity contribution in [2.45, 2.75) is 52.7 Å². The molecule has 0 amide bonds. The smallest absolute Gasteiger partial charge is 0.260 e. The molecule has 0 aromatic carbocycles. The Hall–Kier alpha value is -1.93. The molecule has 0 atom stereocenters. The van der Waals surface area contributed by atoms with Crippen molar-refractivity contribution >= 4 is 16.9 Å². The van der Waals surface area contributed by atoms with Crippen molar-refractivity contribution in [3.8, 4) is 5.88 Å². The second kappa shape index (κ2) is 8.64. The molecule has 1 fully saturated rings. The van der Waals surface area contributed by atoms with E-state index in [9.17, 15) is 0 Å². The second-order valence-corrected chi connectivity index (χ2v) is 7.13. The van der Waals surface area contributed by atoms with Crippen molar-refractivity contribution in [1.29, 1.82) is 0 Å². The van der Waals surface area contributed by atoms with Crippen LogP contribution in [0.25, 0.3) is 11.0 Å². The number of rotatable bonds is 8. The molecule has 3 heterocycles. The molecule has 0 saturated carbocycles. The molecule has 1 aliphatic rings. The Bertz CT molecular complexity index is 722. The number of piperazine rings is 1. The Morgan fingerprint density at radius 1 is 1.19 bits per heavy atom. The summed E-state index contributed by atoms with van der Waals surface area (Å²) in [5.41, 5.74) is 7.67. The van der Waals surface area contributed by atoms with Crippen molar-refractivity contribution in [2.24, 2.45) is 0 Å². The molecule has 8 nitrogen and oxygen atoms in total. The van der Waals surface area contributed by atoms with Crippen LogP contribution in [0.3, 0.4) is 0 Å². The van der Waals surface area contributed by atoms with Gasteiger partial charge in [-0.3, -0.25) is 4.90 Å². The highest BCUT2D eigenvalue weighted by atomic mass is 16.5. The molecule has 2 aromatic heterocycles. The van der Waals surface area contributed by atoms with Crippen LogP contribution in [0.2, 0.25) is 0 Å². The first-order valence-electron chi connectivity index (χ1n) is 9.71. The number of aromatic nitrogens is 4. The molecular weight excluding hydrogens is 330 g/mol. The topological polar surface area (TPSA) is 94.1 Å². The summed E-state index contributed by atoms with van der Waals surface area (Å²) in [5, 5.41) is 11.7. The van der Waals surface area contributed by atoms with Gasteiger partial charge in [-0.2, -0.15) is 0 Å². The fraction of sp³-hybridized carbons (Fsp3) is 0.722. The lowest BCUT2D eigenvalue weighted by Crippen LogP contribution is -2.44. The summed E-state index contributed by atoms with van der Waals surface area (Å²) in [7, 11) is 0. The molecule has 1 aliphatic heterocycles. The molecule has 1 saturated heterocycles. The lowest BCUT2D eigenvalue weighted by Gasteiger charge is -2.27. The standard InChI is InChI=1S/C18H31N7O/c1-4-5-6-14-21-15-16(18(26-13(2)3)23-22-17(15)19)25(14)12-11-24-9-7-20-8-10-24/h13,20H,4-12H2,1-3H3,(H2,19,22). The molecular formula is C18H31N7O. The van der Waals surface area contributed by atoms with Gasteiger partial charge in [0.2, 0.25) is 0 Å². The number of nitrogens with zero attached hydrogens (tertiary/aromatic N) is 5. The van der Waals surface area contributed by atoms with E-state index in [2.05, 4.69) is 31.9 Å². The van der Waals surface area contributed by atoms with E-state index in [-0.39, 0.29) is 6.10 Å². The van der Waals surface area contributed by atoms with Crippen LogP contribution in [0.1, 0.15) is 39.4 Å². The predicted octanol–water partition coefficient (Wildman–Crippen LogP) is 1.44. The maximum Gasteiger partial charge on any atom is 0.260 e. The van der Waals surface area contributed by atoms with E-state index < -0.39 is 0 Å². The average molecular weight is 361 g/mol. The molecule has 144 valence electrons. The first-order valence-corrected chi connectivity index (χ1v) is 9.71. The van der Waals surface area contributed by atoms with Gasteiger partial charge in [0, 0.05) is 45.7 Å². The zero-order chi connectivity index (χ0) is 18.5. The first kappa shape index (κ1) is 18.8. The van der Waals surface area contributed by atoms with Gasteiger partial charge in [0.25, 0.3) is 5.88 Å². The lowest BCUT2D eigenvalue weighted by atomic mass is 10.2. The number of imidazole rings is 1. The van der Waals surface area contributed by atoms with Crippen molar-refractivity contribution in [3.63, 3.8) is 0 Å². The number of hydrogen-bond acceptors (Lipinski definition) is 7. The summed E-state index contributed by atoms with van der Waals surface area (Å²) < 4.78 is 8.16. The zero-order valence-corrected chi connectivity index (χ0v) is 16.2. The van der Waals surface area contributed by atoms with Gasteiger partial charge in [0.05, 0.1) is 6.10 Å². The number of ether oxygens (including phenoxy) is 1. The van der Waals surface area contributed by atoms with Gasteiger partial charge in [0.15, 0.2) is 5.82 Å². The van der Waals surface area contributed by atoms with Gasteiger partial charge in [-0.25, -0.2) is 4.98 Å². The summed E-state index contributed by atoms with van der Waals surface area (Å²) in [6, 6.07) is 0. The van der Waals surface area contributed by atoms with E-state index in [1.165, 1.54) is 0 Å². The van der Waals surface area contributed by atoms with Gasteiger partial charge >= 0.3 is 0 Å². The van der Waals surface area contributed by atoms with Crippen molar-refractivity contribution < 1.29 is 4.74 Å². The molecule has 3 rings (SSSR count). The van der Waals surface area contributed by atoms with E-state index >= 15 is 0 Å². The number of aryl methyl sites for hydroxylation is 1. The van der Waals surface area contributed by atoms with Crippen LogP contribution in [0, 0.1) is 0 Å². The summed E-state index contributed by atoms with van der Waals surface area (Å²) in [6.45, 7) is 12.3. The third-order valence-electron chi connectivity index (χ3n) is 4.69. The van der Waals surface area contributed by atoms with Crippen LogP contribution >= 0.6 is 0 Å². The molecule has 0 bridgehead atoms. The third kappa shape index (κ3) is 4.24. The van der Waals surface area contributed by atoms with Gasteiger partial charge < -0.3 is 20.4 Å². The van der Waals surface area contributed by atoms with Crippen molar-refractivity contribution in [3.05, 3.63) is 5.82 Å². The third-order valence-corrected chi connectivity index (χ3v) is 4.69. The summed E-state index contributed by atoms with van der Waals surface area (Å²) in [6.07, 6.45) is 3.17.